The number of esters is 1. The topological polar surface area (TPSA) is 104 Å². The molecule has 1 aromatic rings. The highest BCUT2D eigenvalue weighted by atomic mass is 16.5. The highest BCUT2D eigenvalue weighted by Crippen LogP contribution is 2.75. The van der Waals surface area contributed by atoms with E-state index in [9.17, 15) is 24.9 Å². The number of rotatable bonds is 4. The van der Waals surface area contributed by atoms with Gasteiger partial charge in [-0.05, 0) is 127 Å². The van der Waals surface area contributed by atoms with Gasteiger partial charge in [0.05, 0.1) is 5.41 Å². The second-order valence-corrected chi connectivity index (χ2v) is 17.0. The van der Waals surface area contributed by atoms with E-state index < -0.39 is 11.4 Å². The Balaban J connectivity index is 1.26. The van der Waals surface area contributed by atoms with Crippen LogP contribution in [-0.2, 0) is 14.3 Å². The molecule has 4 saturated carbocycles. The lowest BCUT2D eigenvalue weighted by molar-refractivity contribution is -0.213. The maximum atomic E-state index is 13.0. The molecular formula is C39H54O6. The van der Waals surface area contributed by atoms with Crippen LogP contribution in [0.4, 0.5) is 0 Å². The van der Waals surface area contributed by atoms with Crippen LogP contribution in [0.15, 0.2) is 35.9 Å². The van der Waals surface area contributed by atoms with Crippen LogP contribution in [0.5, 0.6) is 11.5 Å². The summed E-state index contributed by atoms with van der Waals surface area (Å²) in [6.07, 6.45) is 13.9. The fourth-order valence-corrected chi connectivity index (χ4v) is 12.0. The van der Waals surface area contributed by atoms with Crippen molar-refractivity contribution in [2.75, 3.05) is 0 Å². The highest BCUT2D eigenvalue weighted by molar-refractivity contribution is 5.87. The average Bonchev–Trinajstić information content (AvgIpc) is 2.97. The fourth-order valence-electron chi connectivity index (χ4n) is 12.0. The van der Waals surface area contributed by atoms with E-state index in [0.29, 0.717) is 29.2 Å². The minimum atomic E-state index is -0.622. The summed E-state index contributed by atoms with van der Waals surface area (Å²) in [6, 6.07) is 4.46. The second kappa shape index (κ2) is 10.6. The number of phenolic OH excluding ortho intramolecular Hbond substituents is 2. The molecule has 0 saturated heterocycles. The van der Waals surface area contributed by atoms with Crippen LogP contribution in [0.1, 0.15) is 112 Å². The number of carbonyl (C=O) groups excluding carboxylic acids is 1. The average molecular weight is 619 g/mol. The maximum absolute atomic E-state index is 13.0. The van der Waals surface area contributed by atoms with Gasteiger partial charge in [0.25, 0.3) is 0 Å². The first-order valence-corrected chi connectivity index (χ1v) is 17.4. The number of carbonyl (C=O) groups is 2. The van der Waals surface area contributed by atoms with Crippen LogP contribution >= 0.6 is 0 Å². The summed E-state index contributed by atoms with van der Waals surface area (Å²) in [6.45, 7) is 16.8. The number of benzene rings is 1. The Kier molecular flexibility index (Phi) is 7.61. The van der Waals surface area contributed by atoms with Crippen molar-refractivity contribution in [3.05, 3.63) is 41.5 Å². The number of allylic oxidation sites excluding steroid dienone is 2. The summed E-state index contributed by atoms with van der Waals surface area (Å²) < 4.78 is 6.15. The summed E-state index contributed by atoms with van der Waals surface area (Å²) in [4.78, 5) is 26.0. The molecule has 1 unspecified atom stereocenters. The van der Waals surface area contributed by atoms with Gasteiger partial charge < -0.3 is 20.1 Å². The Morgan fingerprint density at radius 1 is 0.889 bits per heavy atom. The zero-order chi connectivity index (χ0) is 32.7. The van der Waals surface area contributed by atoms with Crippen molar-refractivity contribution < 1.29 is 29.6 Å². The van der Waals surface area contributed by atoms with Crippen molar-refractivity contribution in [1.82, 2.24) is 0 Å². The van der Waals surface area contributed by atoms with Gasteiger partial charge in [-0.15, -0.1) is 0 Å². The van der Waals surface area contributed by atoms with E-state index >= 15 is 0 Å². The molecule has 1 aromatic carbocycles. The van der Waals surface area contributed by atoms with E-state index in [0.717, 1.165) is 57.8 Å². The highest BCUT2D eigenvalue weighted by Gasteiger charge is 2.69. The van der Waals surface area contributed by atoms with E-state index in [-0.39, 0.29) is 51.2 Å². The molecule has 0 radical (unpaired) electrons. The molecule has 0 spiro atoms. The number of hydrogen-bond acceptors (Lipinski definition) is 5. The number of hydrogen-bond donors (Lipinski definition) is 3. The van der Waals surface area contributed by atoms with Gasteiger partial charge in [0.15, 0.2) is 11.5 Å². The van der Waals surface area contributed by atoms with Gasteiger partial charge in [-0.3, -0.25) is 4.79 Å². The molecule has 246 valence electrons. The first kappa shape index (κ1) is 32.2. The van der Waals surface area contributed by atoms with Gasteiger partial charge in [-0.1, -0.05) is 66.2 Å². The normalized spacial score (nSPS) is 43.7. The molecule has 0 aliphatic heterocycles. The summed E-state index contributed by atoms with van der Waals surface area (Å²) in [5.41, 5.74) is 1.43. The predicted molar refractivity (Wildman–Crippen MR) is 175 cm³/mol. The van der Waals surface area contributed by atoms with Gasteiger partial charge in [0.2, 0.25) is 0 Å². The van der Waals surface area contributed by atoms with Crippen molar-refractivity contribution in [2.24, 2.45) is 56.7 Å². The minimum absolute atomic E-state index is 0.0141. The van der Waals surface area contributed by atoms with Crippen molar-refractivity contribution in [1.29, 1.82) is 0 Å². The number of phenols is 2. The Morgan fingerprint density at radius 3 is 2.31 bits per heavy atom. The zero-order valence-electron chi connectivity index (χ0n) is 28.4. The Hall–Kier alpha value is -2.76. The molecule has 3 N–H and O–H groups in total. The third-order valence-corrected chi connectivity index (χ3v) is 15.0. The van der Waals surface area contributed by atoms with Gasteiger partial charge in [0, 0.05) is 11.5 Å². The Labute approximate surface area is 269 Å². The molecular weight excluding hydrogens is 564 g/mol. The van der Waals surface area contributed by atoms with Crippen LogP contribution in [0, 0.1) is 56.7 Å². The summed E-state index contributed by atoms with van der Waals surface area (Å²) in [7, 11) is 0. The fraction of sp³-hybridized carbons (Fsp3) is 0.692. The molecule has 0 amide bonds. The molecule has 5 aliphatic rings. The monoisotopic (exact) mass is 618 g/mol. The molecule has 6 rings (SSSR count). The largest absolute Gasteiger partial charge is 0.504 e. The summed E-state index contributed by atoms with van der Waals surface area (Å²) in [5, 5.41) is 30.0. The van der Waals surface area contributed by atoms with E-state index in [1.807, 2.05) is 0 Å². The van der Waals surface area contributed by atoms with Crippen LogP contribution in [-0.4, -0.2) is 33.4 Å². The minimum Gasteiger partial charge on any atom is -0.504 e. The van der Waals surface area contributed by atoms with Crippen molar-refractivity contribution in [3.8, 4) is 11.5 Å². The van der Waals surface area contributed by atoms with E-state index in [4.69, 9.17) is 4.74 Å². The van der Waals surface area contributed by atoms with Crippen LogP contribution in [0.25, 0.3) is 6.08 Å². The molecule has 10 atom stereocenters. The molecule has 6 nitrogen and oxygen atoms in total. The van der Waals surface area contributed by atoms with Gasteiger partial charge in [-0.25, -0.2) is 4.79 Å². The maximum Gasteiger partial charge on any atom is 0.331 e. The van der Waals surface area contributed by atoms with Gasteiger partial charge in [-0.2, -0.15) is 0 Å². The smallest absolute Gasteiger partial charge is 0.331 e. The first-order chi connectivity index (χ1) is 21.0. The first-order valence-electron chi connectivity index (χ1n) is 17.4. The number of carboxylic acid groups (broad SMARTS) is 1. The molecule has 6 heteroatoms. The van der Waals surface area contributed by atoms with Crippen molar-refractivity contribution in [2.45, 2.75) is 112 Å². The van der Waals surface area contributed by atoms with Crippen molar-refractivity contribution >= 4 is 18.0 Å². The number of aliphatic carboxylic acids is 1. The number of carboxylic acids is 1. The SMILES string of the molecule is C[C@H]1[C@H](C)CC[C@]2(C(=O)O)CC[C@]3(C)C(=CC[C@@H]4[C@@]5(C)CC[C@H](OC(=O)C=Cc6ccc(O)c(O)c6)C(C)(C)C5CC[C@]43C)[C@H]12. The van der Waals surface area contributed by atoms with Crippen LogP contribution < -0.4 is 0 Å². The molecule has 0 aromatic heterocycles. The lowest BCUT2D eigenvalue weighted by Crippen LogP contribution is -2.65. The zero-order valence-corrected chi connectivity index (χ0v) is 28.4. The molecule has 45 heavy (non-hydrogen) atoms. The second-order valence-electron chi connectivity index (χ2n) is 17.0. The quantitative estimate of drug-likeness (QED) is 0.135. The van der Waals surface area contributed by atoms with Crippen molar-refractivity contribution in [3.63, 3.8) is 0 Å². The number of ether oxygens (including phenoxy) is 1. The number of fused-ring (bicyclic) bond motifs is 7. The van der Waals surface area contributed by atoms with Crippen LogP contribution in [0.3, 0.4) is 0 Å². The molecule has 5 aliphatic carbocycles. The third-order valence-electron chi connectivity index (χ3n) is 15.0. The Morgan fingerprint density at radius 2 is 1.62 bits per heavy atom. The Bertz CT molecular complexity index is 1440. The summed E-state index contributed by atoms with van der Waals surface area (Å²) >= 11 is 0. The summed E-state index contributed by atoms with van der Waals surface area (Å²) in [5.74, 6) is 0.524. The number of aromatic hydroxyl groups is 2. The molecule has 0 heterocycles. The lowest BCUT2D eigenvalue weighted by Gasteiger charge is -2.71. The molecule has 4 fully saturated rings. The third kappa shape index (κ3) is 4.54. The molecule has 0 bridgehead atoms. The van der Waals surface area contributed by atoms with Gasteiger partial charge in [0.1, 0.15) is 6.10 Å². The predicted octanol–water partition coefficient (Wildman–Crippen LogP) is 8.77. The van der Waals surface area contributed by atoms with Crippen LogP contribution in [0.2, 0.25) is 0 Å². The van der Waals surface area contributed by atoms with E-state index in [2.05, 4.69) is 54.5 Å². The standard InChI is InChI=1S/C39H54O6/c1-23-14-19-39(34(43)44)21-20-37(6)26(33(39)24(23)2)10-12-30-36(5)17-16-31(35(3,4)29(36)15-18-38(30,37)7)45-32(42)13-9-25-8-11-27(40)28(41)22-25/h8-11,13,22-24,29-31,33,40-41H,12,14-21H2,1-7H3,(H,43,44)/t23-,24+,29?,30-,31+,33+,36+,37-,38-,39+/m1/s1. The lowest BCUT2D eigenvalue weighted by atomic mass is 9.33. The van der Waals surface area contributed by atoms with E-state index in [1.54, 1.807) is 12.1 Å². The van der Waals surface area contributed by atoms with E-state index in [1.165, 1.54) is 23.8 Å². The van der Waals surface area contributed by atoms with Gasteiger partial charge >= 0.3 is 11.9 Å².